The van der Waals surface area contributed by atoms with Crippen molar-refractivity contribution in [2.24, 2.45) is 0 Å². The van der Waals surface area contributed by atoms with Crippen LogP contribution in [0.1, 0.15) is 31.9 Å². The molecule has 0 fully saturated rings. The van der Waals surface area contributed by atoms with Crippen molar-refractivity contribution in [1.82, 2.24) is 5.32 Å². The van der Waals surface area contributed by atoms with Crippen molar-refractivity contribution in [2.45, 2.75) is 37.3 Å². The first-order valence-electron chi connectivity index (χ1n) is 8.23. The molecule has 0 aromatic heterocycles. The molecule has 0 saturated carbocycles. The van der Waals surface area contributed by atoms with Crippen LogP contribution >= 0.6 is 15.9 Å². The summed E-state index contributed by atoms with van der Waals surface area (Å²) < 4.78 is 29.7. The zero-order valence-electron chi connectivity index (χ0n) is 14.9. The molecule has 0 radical (unpaired) electrons. The van der Waals surface area contributed by atoms with Gasteiger partial charge in [0.2, 0.25) is 0 Å². The Bertz CT molecular complexity index is 848. The summed E-state index contributed by atoms with van der Waals surface area (Å²) in [6.07, 6.45) is 1.19. The highest BCUT2D eigenvalue weighted by atomic mass is 79.9. The molecule has 1 amide bonds. The molecular weight excluding hydrogens is 418 g/mol. The van der Waals surface area contributed by atoms with Gasteiger partial charge in [0, 0.05) is 10.7 Å². The molecule has 0 bridgehead atoms. The predicted octanol–water partition coefficient (Wildman–Crippen LogP) is 3.89. The van der Waals surface area contributed by atoms with E-state index in [2.05, 4.69) is 21.2 Å². The summed E-state index contributed by atoms with van der Waals surface area (Å²) in [5.41, 5.74) is 0.851. The molecule has 0 spiro atoms. The fourth-order valence-electron chi connectivity index (χ4n) is 2.43. The fourth-order valence-corrected chi connectivity index (χ4v) is 3.32. The number of benzene rings is 2. The Hall–Kier alpha value is -1.86. The lowest BCUT2D eigenvalue weighted by molar-refractivity contribution is -0.128. The minimum Gasteiger partial charge on any atom is -0.481 e. The molecule has 0 saturated heterocycles. The average Bonchev–Trinajstić information content (AvgIpc) is 2.60. The smallest absolute Gasteiger partial charge is 0.261 e. The summed E-state index contributed by atoms with van der Waals surface area (Å²) in [4.78, 5) is 12.7. The van der Waals surface area contributed by atoms with Gasteiger partial charge < -0.3 is 10.1 Å². The van der Waals surface area contributed by atoms with Crippen LogP contribution in [0.25, 0.3) is 0 Å². The Kier molecular flexibility index (Phi) is 6.83. The van der Waals surface area contributed by atoms with Gasteiger partial charge in [-0.1, -0.05) is 35.0 Å². The van der Waals surface area contributed by atoms with Crippen LogP contribution in [0.3, 0.4) is 0 Å². The van der Waals surface area contributed by atoms with Crippen molar-refractivity contribution in [1.29, 1.82) is 0 Å². The number of nitrogens with one attached hydrogen (secondary N) is 1. The van der Waals surface area contributed by atoms with Gasteiger partial charge in [-0.15, -0.1) is 0 Å². The number of hydrogen-bond acceptors (Lipinski definition) is 4. The molecule has 0 aliphatic carbocycles. The second-order valence-corrected chi connectivity index (χ2v) is 8.96. The quantitative estimate of drug-likeness (QED) is 0.709. The maximum Gasteiger partial charge on any atom is 0.261 e. The van der Waals surface area contributed by atoms with Crippen LogP contribution in [0, 0.1) is 0 Å². The highest BCUT2D eigenvalue weighted by molar-refractivity contribution is 9.10. The second-order valence-electron chi connectivity index (χ2n) is 6.02. The lowest BCUT2D eigenvalue weighted by Crippen LogP contribution is -2.38. The lowest BCUT2D eigenvalue weighted by atomic mass is 10.0. The third kappa shape index (κ3) is 5.57. The van der Waals surface area contributed by atoms with Crippen LogP contribution in [0.2, 0.25) is 0 Å². The number of halogens is 1. The molecule has 5 nitrogen and oxygen atoms in total. The molecule has 0 aliphatic heterocycles. The van der Waals surface area contributed by atoms with Crippen molar-refractivity contribution in [3.63, 3.8) is 0 Å². The van der Waals surface area contributed by atoms with E-state index in [-0.39, 0.29) is 16.8 Å². The highest BCUT2D eigenvalue weighted by Crippen LogP contribution is 2.21. The van der Waals surface area contributed by atoms with Crippen molar-refractivity contribution < 1.29 is 17.9 Å². The van der Waals surface area contributed by atoms with Gasteiger partial charge >= 0.3 is 0 Å². The molecule has 1 N–H and O–H groups in total. The van der Waals surface area contributed by atoms with E-state index in [1.807, 2.05) is 19.1 Å². The first kappa shape index (κ1) is 20.5. The normalized spacial score (nSPS) is 13.7. The number of rotatable bonds is 7. The zero-order valence-corrected chi connectivity index (χ0v) is 17.3. The number of sulfone groups is 1. The topological polar surface area (TPSA) is 72.5 Å². The first-order valence-corrected chi connectivity index (χ1v) is 10.9. The minimum atomic E-state index is -3.24. The van der Waals surface area contributed by atoms with Crippen molar-refractivity contribution in [3.8, 4) is 5.75 Å². The van der Waals surface area contributed by atoms with Gasteiger partial charge in [-0.3, -0.25) is 4.79 Å². The molecule has 0 unspecified atom stereocenters. The van der Waals surface area contributed by atoms with Gasteiger partial charge in [-0.2, -0.15) is 0 Å². The fraction of sp³-hybridized carbons (Fsp3) is 0.316. The van der Waals surface area contributed by atoms with Crippen molar-refractivity contribution in [2.75, 3.05) is 6.26 Å². The summed E-state index contributed by atoms with van der Waals surface area (Å²) in [5, 5.41) is 2.95. The van der Waals surface area contributed by atoms with Gasteiger partial charge in [0.1, 0.15) is 5.75 Å². The zero-order chi connectivity index (χ0) is 19.3. The van der Waals surface area contributed by atoms with Crippen LogP contribution < -0.4 is 10.1 Å². The van der Waals surface area contributed by atoms with Crippen molar-refractivity contribution >= 4 is 31.7 Å². The molecule has 0 aliphatic rings. The number of hydrogen-bond donors (Lipinski definition) is 1. The maximum absolute atomic E-state index is 12.4. The maximum atomic E-state index is 12.4. The summed E-state index contributed by atoms with van der Waals surface area (Å²) in [6, 6.07) is 13.6. The van der Waals surface area contributed by atoms with E-state index in [9.17, 15) is 13.2 Å². The van der Waals surface area contributed by atoms with Gasteiger partial charge in [0.05, 0.1) is 10.9 Å². The summed E-state index contributed by atoms with van der Waals surface area (Å²) in [6.45, 7) is 3.65. The third-order valence-corrected chi connectivity index (χ3v) is 5.59. The molecule has 2 rings (SSSR count). The van der Waals surface area contributed by atoms with Crippen LogP contribution in [0.5, 0.6) is 5.75 Å². The van der Waals surface area contributed by atoms with Gasteiger partial charge in [-0.05, 0) is 55.3 Å². The van der Waals surface area contributed by atoms with Crippen LogP contribution in [0.15, 0.2) is 57.9 Å². The van der Waals surface area contributed by atoms with Gasteiger partial charge in [0.15, 0.2) is 15.9 Å². The molecular formula is C19H22BrNO4S. The van der Waals surface area contributed by atoms with E-state index < -0.39 is 15.9 Å². The van der Waals surface area contributed by atoms with E-state index in [1.165, 1.54) is 6.26 Å². The number of amides is 1. The van der Waals surface area contributed by atoms with Crippen LogP contribution in [-0.2, 0) is 14.6 Å². The van der Waals surface area contributed by atoms with Gasteiger partial charge in [-0.25, -0.2) is 8.42 Å². The van der Waals surface area contributed by atoms with Crippen LogP contribution in [0.4, 0.5) is 0 Å². The Labute approximate surface area is 162 Å². The Morgan fingerprint density at radius 3 is 2.19 bits per heavy atom. The molecule has 2 aromatic rings. The van der Waals surface area contributed by atoms with E-state index in [0.29, 0.717) is 12.2 Å². The molecule has 0 heterocycles. The average molecular weight is 440 g/mol. The monoisotopic (exact) mass is 439 g/mol. The largest absolute Gasteiger partial charge is 0.481 e. The molecule has 26 heavy (non-hydrogen) atoms. The predicted molar refractivity (Wildman–Crippen MR) is 105 cm³/mol. The van der Waals surface area contributed by atoms with E-state index in [1.54, 1.807) is 43.3 Å². The van der Waals surface area contributed by atoms with E-state index in [4.69, 9.17) is 4.74 Å². The minimum absolute atomic E-state index is 0.216. The summed E-state index contributed by atoms with van der Waals surface area (Å²) in [7, 11) is -3.24. The highest BCUT2D eigenvalue weighted by Gasteiger charge is 2.20. The second kappa shape index (κ2) is 8.68. The SMILES string of the molecule is CC[C@H](NC(=O)[C@@H](C)Oc1ccc(Br)cc1)c1ccc(S(C)(=O)=O)cc1. The Morgan fingerprint density at radius 2 is 1.69 bits per heavy atom. The molecule has 2 atom stereocenters. The Morgan fingerprint density at radius 1 is 1.12 bits per heavy atom. The number of carbonyl (C=O) groups is 1. The van der Waals surface area contributed by atoms with Crippen LogP contribution in [-0.4, -0.2) is 26.7 Å². The molecule has 7 heteroatoms. The summed E-state index contributed by atoms with van der Waals surface area (Å²) in [5.74, 6) is 0.383. The Balaban J connectivity index is 2.04. The standard InChI is InChI=1S/C19H22BrNO4S/c1-4-18(14-5-11-17(12-6-14)26(3,23)24)21-19(22)13(2)25-16-9-7-15(20)8-10-16/h5-13,18H,4H2,1-3H3,(H,21,22)/t13-,18+/m1/s1. The number of carbonyl (C=O) groups excluding carboxylic acids is 1. The molecule has 140 valence electrons. The van der Waals surface area contributed by atoms with Gasteiger partial charge in [0.25, 0.3) is 5.91 Å². The number of ether oxygens (including phenoxy) is 1. The van der Waals surface area contributed by atoms with E-state index >= 15 is 0 Å². The lowest BCUT2D eigenvalue weighted by Gasteiger charge is -2.21. The summed E-state index contributed by atoms with van der Waals surface area (Å²) >= 11 is 3.35. The molecule has 2 aromatic carbocycles. The van der Waals surface area contributed by atoms with E-state index in [0.717, 1.165) is 10.0 Å². The van der Waals surface area contributed by atoms with Crippen molar-refractivity contribution in [3.05, 3.63) is 58.6 Å². The third-order valence-electron chi connectivity index (χ3n) is 3.93. The first-order chi connectivity index (χ1) is 12.2.